The van der Waals surface area contributed by atoms with Gasteiger partial charge in [-0.25, -0.2) is 4.79 Å². The van der Waals surface area contributed by atoms with Gasteiger partial charge in [0, 0.05) is 0 Å². The zero-order valence-corrected chi connectivity index (χ0v) is 6.03. The average Bonchev–Trinajstić information content (AvgIpc) is 1.81. The van der Waals surface area contributed by atoms with Crippen LogP contribution in [0, 0.1) is 5.92 Å². The van der Waals surface area contributed by atoms with Crippen LogP contribution >= 0.6 is 0 Å². The van der Waals surface area contributed by atoms with E-state index in [4.69, 9.17) is 0 Å². The predicted octanol–water partition coefficient (Wildman–Crippen LogP) is 0.305. The van der Waals surface area contributed by atoms with Gasteiger partial charge < -0.3 is 10.5 Å². The van der Waals surface area contributed by atoms with Crippen molar-refractivity contribution >= 4 is 12.4 Å². The number of amides is 1. The molecule has 0 aliphatic carbocycles. The Bertz CT molecular complexity index is 133. The molecule has 1 atom stereocenters. The summed E-state index contributed by atoms with van der Waals surface area (Å²) >= 11 is 0. The molecule has 0 rings (SSSR count). The van der Waals surface area contributed by atoms with Gasteiger partial charge in [-0.05, 0) is 5.92 Å². The van der Waals surface area contributed by atoms with E-state index >= 15 is 0 Å². The minimum atomic E-state index is -0.911. The number of rotatable bonds is 3. The molecule has 0 aliphatic rings. The molecule has 0 heterocycles. The van der Waals surface area contributed by atoms with Crippen molar-refractivity contribution in [3.05, 3.63) is 0 Å². The second kappa shape index (κ2) is 3.87. The Morgan fingerprint density at radius 3 is 2.20 bits per heavy atom. The molecule has 10 heavy (non-hydrogen) atoms. The zero-order valence-electron chi connectivity index (χ0n) is 6.03. The number of hydrogen-bond acceptors (Lipinski definition) is 3. The first kappa shape index (κ1) is 8.94. The van der Waals surface area contributed by atoms with Gasteiger partial charge in [-0.3, -0.25) is 4.79 Å². The number of carbonyl (C=O) groups excluding carboxylic acids is 2. The highest BCUT2D eigenvalue weighted by atomic mass is 16.6. The molecule has 58 valence electrons. The molecule has 0 aromatic rings. The molecule has 4 nitrogen and oxygen atoms in total. The summed E-state index contributed by atoms with van der Waals surface area (Å²) < 4.78 is 4.43. The molecular formula is C6H11NO3. The lowest BCUT2D eigenvalue weighted by molar-refractivity contribution is -0.116. The van der Waals surface area contributed by atoms with Crippen molar-refractivity contribution in [1.82, 2.24) is 0 Å². The van der Waals surface area contributed by atoms with Gasteiger partial charge >= 0.3 is 6.09 Å². The smallest absolute Gasteiger partial charge is 0.405 e. The summed E-state index contributed by atoms with van der Waals surface area (Å²) in [4.78, 5) is 20.3. The Hall–Kier alpha value is -1.06. The van der Waals surface area contributed by atoms with Crippen molar-refractivity contribution in [2.75, 3.05) is 0 Å². The van der Waals surface area contributed by atoms with E-state index in [1.54, 1.807) is 13.8 Å². The van der Waals surface area contributed by atoms with Crippen molar-refractivity contribution < 1.29 is 14.3 Å². The van der Waals surface area contributed by atoms with E-state index in [0.29, 0.717) is 6.29 Å². The third kappa shape index (κ3) is 3.06. The van der Waals surface area contributed by atoms with Crippen molar-refractivity contribution in [1.29, 1.82) is 0 Å². The van der Waals surface area contributed by atoms with Crippen molar-refractivity contribution in [2.24, 2.45) is 11.7 Å². The highest BCUT2D eigenvalue weighted by Gasteiger charge is 2.14. The van der Waals surface area contributed by atoms with E-state index in [-0.39, 0.29) is 5.92 Å². The summed E-state index contributed by atoms with van der Waals surface area (Å²) in [5.41, 5.74) is 4.69. The SMILES string of the molecule is CC(C)C(C=O)OC(N)=O. The fourth-order valence-corrected chi connectivity index (χ4v) is 0.455. The van der Waals surface area contributed by atoms with Crippen LogP contribution in [0.4, 0.5) is 4.79 Å². The first-order valence-electron chi connectivity index (χ1n) is 2.99. The molecule has 0 saturated heterocycles. The van der Waals surface area contributed by atoms with Crippen molar-refractivity contribution in [3.63, 3.8) is 0 Å². The molecule has 0 aliphatic heterocycles. The van der Waals surface area contributed by atoms with Gasteiger partial charge in [0.15, 0.2) is 12.4 Å². The molecule has 1 amide bonds. The van der Waals surface area contributed by atoms with Crippen LogP contribution in [0.3, 0.4) is 0 Å². The maximum Gasteiger partial charge on any atom is 0.405 e. The van der Waals surface area contributed by atoms with E-state index in [0.717, 1.165) is 0 Å². The van der Waals surface area contributed by atoms with Gasteiger partial charge in [-0.1, -0.05) is 13.8 Å². The summed E-state index contributed by atoms with van der Waals surface area (Å²) in [5, 5.41) is 0. The molecule has 0 spiro atoms. The van der Waals surface area contributed by atoms with Gasteiger partial charge in [0.1, 0.15) is 0 Å². The molecule has 1 unspecified atom stereocenters. The summed E-state index contributed by atoms with van der Waals surface area (Å²) in [6.07, 6.45) is -1.06. The lowest BCUT2D eigenvalue weighted by atomic mass is 10.1. The topological polar surface area (TPSA) is 69.4 Å². The van der Waals surface area contributed by atoms with Crippen LogP contribution in [0.5, 0.6) is 0 Å². The van der Waals surface area contributed by atoms with Crippen LogP contribution in [0.1, 0.15) is 13.8 Å². The highest BCUT2D eigenvalue weighted by molar-refractivity contribution is 5.69. The monoisotopic (exact) mass is 145 g/mol. The molecule has 2 N–H and O–H groups in total. The molecule has 0 fully saturated rings. The first-order valence-corrected chi connectivity index (χ1v) is 2.99. The Kier molecular flexibility index (Phi) is 3.46. The van der Waals surface area contributed by atoms with E-state index in [1.807, 2.05) is 0 Å². The number of hydrogen-bond donors (Lipinski definition) is 1. The highest BCUT2D eigenvalue weighted by Crippen LogP contribution is 2.02. The third-order valence-electron chi connectivity index (χ3n) is 1.04. The zero-order chi connectivity index (χ0) is 8.15. The fraction of sp³-hybridized carbons (Fsp3) is 0.667. The van der Waals surface area contributed by atoms with Crippen molar-refractivity contribution in [2.45, 2.75) is 20.0 Å². The maximum atomic E-state index is 10.1. The van der Waals surface area contributed by atoms with Crippen LogP contribution in [0.2, 0.25) is 0 Å². The number of ether oxygens (including phenoxy) is 1. The summed E-state index contributed by atoms with van der Waals surface area (Å²) in [6, 6.07) is 0. The molecule has 0 aromatic heterocycles. The van der Waals surface area contributed by atoms with Crippen LogP contribution in [-0.2, 0) is 9.53 Å². The molecule has 0 bridgehead atoms. The summed E-state index contributed by atoms with van der Waals surface area (Å²) in [5.74, 6) is -0.0231. The van der Waals surface area contributed by atoms with Crippen LogP contribution < -0.4 is 5.73 Å². The van der Waals surface area contributed by atoms with Crippen molar-refractivity contribution in [3.8, 4) is 0 Å². The minimum Gasteiger partial charge on any atom is -0.438 e. The molecule has 0 saturated carbocycles. The second-order valence-corrected chi connectivity index (χ2v) is 2.28. The van der Waals surface area contributed by atoms with E-state index in [2.05, 4.69) is 10.5 Å². The number of aldehydes is 1. The Morgan fingerprint density at radius 1 is 1.60 bits per heavy atom. The number of nitrogens with two attached hydrogens (primary N) is 1. The molecule has 0 radical (unpaired) electrons. The standard InChI is InChI=1S/C6H11NO3/c1-4(2)5(3-8)10-6(7)9/h3-5H,1-2H3,(H2,7,9). The number of primary amides is 1. The van der Waals surface area contributed by atoms with E-state index < -0.39 is 12.2 Å². The average molecular weight is 145 g/mol. The maximum absolute atomic E-state index is 10.1. The molecule has 4 heteroatoms. The van der Waals surface area contributed by atoms with Crippen LogP contribution in [0.25, 0.3) is 0 Å². The summed E-state index contributed by atoms with van der Waals surface area (Å²) in [6.45, 7) is 3.53. The Labute approximate surface area is 59.3 Å². The van der Waals surface area contributed by atoms with Gasteiger partial charge in [0.2, 0.25) is 0 Å². The predicted molar refractivity (Wildman–Crippen MR) is 35.4 cm³/mol. The van der Waals surface area contributed by atoms with Gasteiger partial charge in [0.05, 0.1) is 0 Å². The number of carbonyl (C=O) groups is 2. The van der Waals surface area contributed by atoms with Gasteiger partial charge in [-0.15, -0.1) is 0 Å². The van der Waals surface area contributed by atoms with Gasteiger partial charge in [0.25, 0.3) is 0 Å². The minimum absolute atomic E-state index is 0.0231. The normalized spacial score (nSPS) is 12.7. The van der Waals surface area contributed by atoms with E-state index in [1.165, 1.54) is 0 Å². The largest absolute Gasteiger partial charge is 0.438 e. The van der Waals surface area contributed by atoms with Crippen LogP contribution in [-0.4, -0.2) is 18.5 Å². The lowest BCUT2D eigenvalue weighted by Crippen LogP contribution is -2.28. The quantitative estimate of drug-likeness (QED) is 0.581. The van der Waals surface area contributed by atoms with E-state index in [9.17, 15) is 9.59 Å². The molecular weight excluding hydrogens is 134 g/mol. The lowest BCUT2D eigenvalue weighted by Gasteiger charge is -2.12. The molecule has 0 aromatic carbocycles. The van der Waals surface area contributed by atoms with Gasteiger partial charge in [-0.2, -0.15) is 0 Å². The third-order valence-corrected chi connectivity index (χ3v) is 1.04. The first-order chi connectivity index (χ1) is 4.57. The summed E-state index contributed by atoms with van der Waals surface area (Å²) in [7, 11) is 0. The second-order valence-electron chi connectivity index (χ2n) is 2.28. The fourth-order valence-electron chi connectivity index (χ4n) is 0.455. The van der Waals surface area contributed by atoms with Crippen LogP contribution in [0.15, 0.2) is 0 Å². The Balaban J connectivity index is 3.83. The Morgan fingerprint density at radius 2 is 2.10 bits per heavy atom.